The van der Waals surface area contributed by atoms with Gasteiger partial charge in [0.2, 0.25) is 0 Å². The van der Waals surface area contributed by atoms with Crippen LogP contribution in [0.25, 0.3) is 143 Å². The van der Waals surface area contributed by atoms with E-state index in [1.165, 1.54) is 60.0 Å². The number of hydrogen-bond acceptors (Lipinski definition) is 3. The van der Waals surface area contributed by atoms with Gasteiger partial charge in [-0.1, -0.05) is 164 Å². The number of aromatic nitrogens is 4. The van der Waals surface area contributed by atoms with Crippen LogP contribution in [0.15, 0.2) is 247 Å². The molecule has 4 aromatic heterocycles. The second-order valence-electron chi connectivity index (χ2n) is 18.5. The van der Waals surface area contributed by atoms with Gasteiger partial charge in [0.05, 0.1) is 38.8 Å². The van der Waals surface area contributed by atoms with Crippen LogP contribution in [-0.4, -0.2) is 19.1 Å². The van der Waals surface area contributed by atoms with Crippen LogP contribution in [0, 0.1) is 0 Å². The zero-order valence-corrected chi connectivity index (χ0v) is 38.3. The van der Waals surface area contributed by atoms with Crippen molar-refractivity contribution < 1.29 is 4.42 Å². The maximum Gasteiger partial charge on any atom is 0.164 e. The van der Waals surface area contributed by atoms with Crippen LogP contribution >= 0.6 is 0 Å². The van der Waals surface area contributed by atoms with Gasteiger partial charge in [-0.05, 0) is 112 Å². The predicted molar refractivity (Wildman–Crippen MR) is 295 cm³/mol. The number of nitrogens with zero attached hydrogens (tertiary/aromatic N) is 4. The van der Waals surface area contributed by atoms with Crippen LogP contribution in [0.4, 0.5) is 0 Å². The third-order valence-electron chi connectivity index (χ3n) is 14.5. The Morgan fingerprint density at radius 1 is 0.324 bits per heavy atom. The summed E-state index contributed by atoms with van der Waals surface area (Å²) in [6.07, 6.45) is 0. The van der Waals surface area contributed by atoms with Gasteiger partial charge in [0.1, 0.15) is 11.2 Å². The topological polar surface area (TPSA) is 48.8 Å². The summed E-state index contributed by atoms with van der Waals surface area (Å²) in [4.78, 5) is 10.5. The SMILES string of the molecule is c1ccc(-c2ccc(-c3nc(-c4cccc5c4oc4ccc(-n6c7ccc(-c8ccc9c(c8)c8ccccc8n9-c8ccccc8)cc7c7c8ccccc8ccc76)cc45)nc4ccccc34)cc2)cc1. The molecule has 0 aliphatic heterocycles. The first-order valence-electron chi connectivity index (χ1n) is 24.1. The van der Waals surface area contributed by atoms with Gasteiger partial charge in [-0.2, -0.15) is 0 Å². The third-order valence-corrected chi connectivity index (χ3v) is 14.5. The highest BCUT2D eigenvalue weighted by Crippen LogP contribution is 2.43. The van der Waals surface area contributed by atoms with E-state index in [0.717, 1.165) is 77.6 Å². The highest BCUT2D eigenvalue weighted by atomic mass is 16.3. The Balaban J connectivity index is 0.878. The predicted octanol–water partition coefficient (Wildman–Crippen LogP) is 17.5. The summed E-state index contributed by atoms with van der Waals surface area (Å²) in [5.41, 5.74) is 16.8. The summed E-state index contributed by atoms with van der Waals surface area (Å²) in [5.74, 6) is 0.627. The van der Waals surface area contributed by atoms with Gasteiger partial charge < -0.3 is 13.6 Å². The monoisotopic (exact) mass is 904 g/mol. The van der Waals surface area contributed by atoms with Gasteiger partial charge in [0.15, 0.2) is 5.82 Å². The Hall–Kier alpha value is -9.58. The van der Waals surface area contributed by atoms with E-state index in [1.54, 1.807) is 0 Å². The average Bonchev–Trinajstić information content (AvgIpc) is 4.10. The summed E-state index contributed by atoms with van der Waals surface area (Å²) in [5, 5.41) is 10.4. The second kappa shape index (κ2) is 15.5. The molecule has 0 spiro atoms. The molecule has 0 aliphatic carbocycles. The maximum absolute atomic E-state index is 6.82. The number of para-hydroxylation sites is 4. The lowest BCUT2D eigenvalue weighted by molar-refractivity contribution is 0.669. The smallest absolute Gasteiger partial charge is 0.164 e. The molecule has 15 rings (SSSR count). The zero-order valence-electron chi connectivity index (χ0n) is 38.3. The molecule has 4 heterocycles. The third kappa shape index (κ3) is 6.13. The molecule has 0 amide bonds. The molecule has 0 aliphatic rings. The fourth-order valence-corrected chi connectivity index (χ4v) is 11.2. The number of rotatable bonds is 6. The van der Waals surface area contributed by atoms with Gasteiger partial charge in [-0.3, -0.25) is 0 Å². The van der Waals surface area contributed by atoms with E-state index in [1.807, 2.05) is 12.1 Å². The molecule has 5 nitrogen and oxygen atoms in total. The Labute approximate surface area is 407 Å². The molecule has 330 valence electrons. The minimum absolute atomic E-state index is 0.627. The Morgan fingerprint density at radius 3 is 1.76 bits per heavy atom. The van der Waals surface area contributed by atoms with Crippen molar-refractivity contribution in [2.75, 3.05) is 0 Å². The molecule has 0 unspecified atom stereocenters. The summed E-state index contributed by atoms with van der Waals surface area (Å²) >= 11 is 0. The van der Waals surface area contributed by atoms with Crippen LogP contribution in [-0.2, 0) is 0 Å². The summed E-state index contributed by atoms with van der Waals surface area (Å²) < 4.78 is 11.6. The minimum atomic E-state index is 0.627. The first kappa shape index (κ1) is 39.4. The molecule has 5 heteroatoms. The van der Waals surface area contributed by atoms with E-state index in [2.05, 4.69) is 240 Å². The van der Waals surface area contributed by atoms with Gasteiger partial charge in [-0.25, -0.2) is 9.97 Å². The van der Waals surface area contributed by atoms with Crippen LogP contribution in [0.3, 0.4) is 0 Å². The van der Waals surface area contributed by atoms with Crippen molar-refractivity contribution in [3.05, 3.63) is 243 Å². The fraction of sp³-hybridized carbons (Fsp3) is 0. The van der Waals surface area contributed by atoms with Crippen molar-refractivity contribution in [3.8, 4) is 56.3 Å². The number of benzene rings is 11. The molecular formula is C66H40N4O. The van der Waals surface area contributed by atoms with Crippen LogP contribution < -0.4 is 0 Å². The number of furan rings is 1. The van der Waals surface area contributed by atoms with Crippen molar-refractivity contribution in [2.45, 2.75) is 0 Å². The van der Waals surface area contributed by atoms with Crippen LogP contribution in [0.5, 0.6) is 0 Å². The summed E-state index contributed by atoms with van der Waals surface area (Å²) in [6.45, 7) is 0. The molecule has 11 aromatic carbocycles. The first-order chi connectivity index (χ1) is 35.2. The van der Waals surface area contributed by atoms with Crippen molar-refractivity contribution in [2.24, 2.45) is 0 Å². The quantitative estimate of drug-likeness (QED) is 0.167. The summed E-state index contributed by atoms with van der Waals surface area (Å²) in [7, 11) is 0. The van der Waals surface area contributed by atoms with Crippen LogP contribution in [0.1, 0.15) is 0 Å². The normalized spacial score (nSPS) is 11.9. The highest BCUT2D eigenvalue weighted by molar-refractivity contribution is 6.22. The largest absolute Gasteiger partial charge is 0.455 e. The maximum atomic E-state index is 6.82. The van der Waals surface area contributed by atoms with E-state index in [-0.39, 0.29) is 0 Å². The van der Waals surface area contributed by atoms with E-state index >= 15 is 0 Å². The Bertz CT molecular complexity index is 4620. The molecule has 0 atom stereocenters. The van der Waals surface area contributed by atoms with Crippen molar-refractivity contribution in [1.82, 2.24) is 19.1 Å². The van der Waals surface area contributed by atoms with E-state index in [0.29, 0.717) is 5.82 Å². The van der Waals surface area contributed by atoms with E-state index < -0.39 is 0 Å². The lowest BCUT2D eigenvalue weighted by Gasteiger charge is -2.10. The molecule has 0 saturated heterocycles. The lowest BCUT2D eigenvalue weighted by Crippen LogP contribution is -1.95. The first-order valence-corrected chi connectivity index (χ1v) is 24.1. The summed E-state index contributed by atoms with van der Waals surface area (Å²) in [6, 6.07) is 86.9. The lowest BCUT2D eigenvalue weighted by atomic mass is 9.99. The molecular weight excluding hydrogens is 865 g/mol. The molecule has 0 bridgehead atoms. The fourth-order valence-electron chi connectivity index (χ4n) is 11.2. The van der Waals surface area contributed by atoms with E-state index in [4.69, 9.17) is 14.4 Å². The van der Waals surface area contributed by atoms with Crippen molar-refractivity contribution in [1.29, 1.82) is 0 Å². The van der Waals surface area contributed by atoms with Crippen LogP contribution in [0.2, 0.25) is 0 Å². The van der Waals surface area contributed by atoms with Crippen molar-refractivity contribution in [3.63, 3.8) is 0 Å². The standard InChI is InChI=1S/C66H40N4O/c1-3-14-41(15-4-1)42-26-28-44(29-27-42)64-52-21-9-11-24-57(52)67-66(68-64)53-23-13-22-51-55-40-48(33-37-62(55)71-65(51)53)70-60-35-32-46(39-56(60)63-49-19-8-7-16-43(49)30-36-61(63)70)45-31-34-59-54(38-45)50-20-10-12-25-58(50)69(59)47-17-5-2-6-18-47/h1-40H. The zero-order chi connectivity index (χ0) is 46.6. The molecule has 15 aromatic rings. The van der Waals surface area contributed by atoms with Gasteiger partial charge in [-0.15, -0.1) is 0 Å². The molecule has 0 saturated carbocycles. The Morgan fingerprint density at radius 2 is 0.930 bits per heavy atom. The van der Waals surface area contributed by atoms with Crippen molar-refractivity contribution >= 4 is 87.2 Å². The second-order valence-corrected chi connectivity index (χ2v) is 18.5. The molecule has 0 radical (unpaired) electrons. The minimum Gasteiger partial charge on any atom is -0.455 e. The number of hydrogen-bond donors (Lipinski definition) is 0. The Kier molecular flexibility index (Phi) is 8.59. The van der Waals surface area contributed by atoms with Gasteiger partial charge in [0, 0.05) is 54.6 Å². The number of fused-ring (bicyclic) bond motifs is 12. The highest BCUT2D eigenvalue weighted by Gasteiger charge is 2.21. The molecule has 0 N–H and O–H groups in total. The van der Waals surface area contributed by atoms with Gasteiger partial charge in [0.25, 0.3) is 0 Å². The molecule has 0 fully saturated rings. The van der Waals surface area contributed by atoms with E-state index in [9.17, 15) is 0 Å². The van der Waals surface area contributed by atoms with Gasteiger partial charge >= 0.3 is 0 Å². The molecule has 71 heavy (non-hydrogen) atoms. The average molecular weight is 905 g/mol.